The predicted molar refractivity (Wildman–Crippen MR) is 109 cm³/mol. The summed E-state index contributed by atoms with van der Waals surface area (Å²) in [5, 5.41) is 11.5. The van der Waals surface area contributed by atoms with Gasteiger partial charge in [-0.2, -0.15) is 0 Å². The number of hydrogen-bond donors (Lipinski definition) is 3. The molecule has 1 unspecified atom stereocenters. The largest absolute Gasteiger partial charge is 0.481 e. The summed E-state index contributed by atoms with van der Waals surface area (Å²) in [6.07, 6.45) is 4.47. The number of barbiturate groups is 1. The van der Waals surface area contributed by atoms with Gasteiger partial charge in [0.05, 0.1) is 17.7 Å². The number of primary amides is 1. The molecule has 162 valence electrons. The number of nitrogens with two attached hydrogens (primary N) is 1. The number of anilines is 1. The number of carboxylic acids is 1. The van der Waals surface area contributed by atoms with Crippen LogP contribution in [0.1, 0.15) is 68.6 Å². The third-order valence-electron chi connectivity index (χ3n) is 5.29. The van der Waals surface area contributed by atoms with Gasteiger partial charge in [-0.05, 0) is 18.6 Å². The van der Waals surface area contributed by atoms with E-state index in [2.05, 4.69) is 12.2 Å². The summed E-state index contributed by atoms with van der Waals surface area (Å²) in [6, 6.07) is 4.68. The van der Waals surface area contributed by atoms with Crippen molar-refractivity contribution in [3.8, 4) is 0 Å². The Bertz CT molecular complexity index is 853. The molecule has 0 bridgehead atoms. The highest BCUT2D eigenvalue weighted by atomic mass is 16.4. The minimum Gasteiger partial charge on any atom is -0.481 e. The third kappa shape index (κ3) is 4.84. The first-order chi connectivity index (χ1) is 14.2. The van der Waals surface area contributed by atoms with Crippen LogP contribution in [0, 0.1) is 5.41 Å². The molecule has 5 amide bonds. The molecule has 0 aromatic heterocycles. The summed E-state index contributed by atoms with van der Waals surface area (Å²) in [7, 11) is 0. The van der Waals surface area contributed by atoms with Crippen molar-refractivity contribution in [2.45, 2.75) is 58.3 Å². The lowest BCUT2D eigenvalue weighted by molar-refractivity contribution is -0.152. The van der Waals surface area contributed by atoms with Gasteiger partial charge in [0.15, 0.2) is 0 Å². The Balaban J connectivity index is 2.38. The van der Waals surface area contributed by atoms with Gasteiger partial charge in [-0.15, -0.1) is 0 Å². The fourth-order valence-corrected chi connectivity index (χ4v) is 3.70. The number of amides is 5. The van der Waals surface area contributed by atoms with E-state index in [0.717, 1.165) is 32.1 Å². The van der Waals surface area contributed by atoms with Crippen molar-refractivity contribution in [1.29, 1.82) is 0 Å². The van der Waals surface area contributed by atoms with Gasteiger partial charge in [-0.1, -0.05) is 57.6 Å². The molecule has 1 aliphatic heterocycles. The SMILES string of the molecule is CCCCCCCCC1(CC(=O)O)C(=O)NC(=O)N(c2ccccc2C(N)=O)C1=O. The van der Waals surface area contributed by atoms with E-state index >= 15 is 0 Å². The van der Waals surface area contributed by atoms with Crippen LogP contribution in [0.15, 0.2) is 24.3 Å². The summed E-state index contributed by atoms with van der Waals surface area (Å²) >= 11 is 0. The number of rotatable bonds is 11. The Morgan fingerprint density at radius 2 is 1.70 bits per heavy atom. The Labute approximate surface area is 174 Å². The number of nitrogens with one attached hydrogen (secondary N) is 1. The molecule has 9 nitrogen and oxygen atoms in total. The quantitative estimate of drug-likeness (QED) is 0.372. The van der Waals surface area contributed by atoms with E-state index in [1.165, 1.54) is 24.3 Å². The van der Waals surface area contributed by atoms with Gasteiger partial charge >= 0.3 is 12.0 Å². The monoisotopic (exact) mass is 417 g/mol. The van der Waals surface area contributed by atoms with Crippen molar-refractivity contribution in [3.05, 3.63) is 29.8 Å². The number of urea groups is 1. The van der Waals surface area contributed by atoms with Crippen molar-refractivity contribution >= 4 is 35.4 Å². The molecule has 1 saturated heterocycles. The van der Waals surface area contributed by atoms with E-state index < -0.39 is 41.6 Å². The lowest BCUT2D eigenvalue weighted by atomic mass is 9.75. The standard InChI is InChI=1S/C21H27N3O6/c1-2-3-4-5-6-9-12-21(13-16(25)26)18(28)23-20(30)24(19(21)29)15-11-8-7-10-14(15)17(22)27/h7-8,10-11H,2-6,9,12-13H2,1H3,(H2,22,27)(H,25,26)(H,23,28,30). The second kappa shape index (κ2) is 10.00. The van der Waals surface area contributed by atoms with Crippen molar-refractivity contribution in [1.82, 2.24) is 5.32 Å². The normalized spacial score (nSPS) is 19.0. The molecule has 1 aromatic rings. The van der Waals surface area contributed by atoms with Crippen LogP contribution >= 0.6 is 0 Å². The van der Waals surface area contributed by atoms with Crippen LogP contribution in [-0.4, -0.2) is 34.8 Å². The van der Waals surface area contributed by atoms with E-state index in [1.54, 1.807) is 0 Å². The summed E-state index contributed by atoms with van der Waals surface area (Å²) in [5.41, 5.74) is 3.25. The van der Waals surface area contributed by atoms with Gasteiger partial charge in [0.1, 0.15) is 5.41 Å². The molecule has 4 N–H and O–H groups in total. The van der Waals surface area contributed by atoms with E-state index in [0.29, 0.717) is 11.3 Å². The average Bonchev–Trinajstić information content (AvgIpc) is 2.68. The number of para-hydroxylation sites is 1. The molecular formula is C21H27N3O6. The number of carbonyl (C=O) groups is 5. The summed E-state index contributed by atoms with van der Waals surface area (Å²) in [4.78, 5) is 62.5. The first-order valence-electron chi connectivity index (χ1n) is 10.0. The molecule has 0 spiro atoms. The van der Waals surface area contributed by atoms with E-state index in [1.807, 2.05) is 0 Å². The summed E-state index contributed by atoms with van der Waals surface area (Å²) in [6.45, 7) is 2.09. The number of benzene rings is 1. The minimum atomic E-state index is -1.94. The Kier molecular flexibility index (Phi) is 7.68. The summed E-state index contributed by atoms with van der Waals surface area (Å²) in [5.74, 6) is -4.08. The second-order valence-electron chi connectivity index (χ2n) is 7.45. The fourth-order valence-electron chi connectivity index (χ4n) is 3.70. The van der Waals surface area contributed by atoms with Crippen LogP contribution < -0.4 is 16.0 Å². The van der Waals surface area contributed by atoms with Gasteiger partial charge in [-0.25, -0.2) is 9.69 Å². The zero-order valence-corrected chi connectivity index (χ0v) is 17.0. The predicted octanol–water partition coefficient (Wildman–Crippen LogP) is 2.58. The molecule has 0 saturated carbocycles. The second-order valence-corrected chi connectivity index (χ2v) is 7.45. The number of nitrogens with zero attached hydrogens (tertiary/aromatic N) is 1. The first kappa shape index (κ1) is 23.1. The Morgan fingerprint density at radius 1 is 1.07 bits per heavy atom. The molecule has 1 aliphatic rings. The lowest BCUT2D eigenvalue weighted by Crippen LogP contribution is -2.65. The third-order valence-corrected chi connectivity index (χ3v) is 5.29. The molecular weight excluding hydrogens is 390 g/mol. The maximum Gasteiger partial charge on any atom is 0.335 e. The van der Waals surface area contributed by atoms with Gasteiger partial charge in [0, 0.05) is 0 Å². The molecule has 1 aromatic carbocycles. The molecule has 0 radical (unpaired) electrons. The van der Waals surface area contributed by atoms with Crippen LogP contribution in [0.25, 0.3) is 0 Å². The maximum absolute atomic E-state index is 13.4. The Hall–Kier alpha value is -3.23. The average molecular weight is 417 g/mol. The Morgan fingerprint density at radius 3 is 2.33 bits per heavy atom. The van der Waals surface area contributed by atoms with E-state index in [4.69, 9.17) is 5.73 Å². The van der Waals surface area contributed by atoms with Crippen LogP contribution in [0.5, 0.6) is 0 Å². The van der Waals surface area contributed by atoms with Crippen LogP contribution in [0.2, 0.25) is 0 Å². The molecule has 1 fully saturated rings. The van der Waals surface area contributed by atoms with Crippen molar-refractivity contribution in [3.63, 3.8) is 0 Å². The fraction of sp³-hybridized carbons (Fsp3) is 0.476. The molecule has 9 heteroatoms. The highest BCUT2D eigenvalue weighted by Gasteiger charge is 2.55. The zero-order chi connectivity index (χ0) is 22.3. The van der Waals surface area contributed by atoms with Crippen LogP contribution in [0.4, 0.5) is 10.5 Å². The number of hydrogen-bond acceptors (Lipinski definition) is 5. The smallest absolute Gasteiger partial charge is 0.335 e. The number of imide groups is 2. The molecule has 30 heavy (non-hydrogen) atoms. The zero-order valence-electron chi connectivity index (χ0n) is 17.0. The highest BCUT2D eigenvalue weighted by Crippen LogP contribution is 2.37. The van der Waals surface area contributed by atoms with Crippen molar-refractivity contribution in [2.24, 2.45) is 11.1 Å². The van der Waals surface area contributed by atoms with Crippen LogP contribution in [-0.2, 0) is 14.4 Å². The van der Waals surface area contributed by atoms with E-state index in [9.17, 15) is 29.1 Å². The lowest BCUT2D eigenvalue weighted by Gasteiger charge is -2.39. The maximum atomic E-state index is 13.4. The van der Waals surface area contributed by atoms with Gasteiger partial charge in [0.2, 0.25) is 5.91 Å². The number of aliphatic carboxylic acids is 1. The topological polar surface area (TPSA) is 147 Å². The van der Waals surface area contributed by atoms with E-state index in [-0.39, 0.29) is 17.7 Å². The number of carbonyl (C=O) groups excluding carboxylic acids is 4. The molecule has 1 atom stereocenters. The highest BCUT2D eigenvalue weighted by molar-refractivity contribution is 6.31. The molecule has 2 rings (SSSR count). The van der Waals surface area contributed by atoms with Gasteiger partial charge in [-0.3, -0.25) is 24.5 Å². The first-order valence-corrected chi connectivity index (χ1v) is 10.0. The van der Waals surface area contributed by atoms with Crippen LogP contribution in [0.3, 0.4) is 0 Å². The van der Waals surface area contributed by atoms with Gasteiger partial charge < -0.3 is 10.8 Å². The molecule has 0 aliphatic carbocycles. The minimum absolute atomic E-state index is 0.0153. The number of unbranched alkanes of at least 4 members (excludes halogenated alkanes) is 5. The van der Waals surface area contributed by atoms with Gasteiger partial charge in [0.25, 0.3) is 11.8 Å². The molecule has 1 heterocycles. The number of carboxylic acid groups (broad SMARTS) is 1. The summed E-state index contributed by atoms with van der Waals surface area (Å²) < 4.78 is 0. The van der Waals surface area contributed by atoms with Crippen molar-refractivity contribution < 1.29 is 29.1 Å². The van der Waals surface area contributed by atoms with Crippen molar-refractivity contribution in [2.75, 3.05) is 4.90 Å².